The van der Waals surface area contributed by atoms with Crippen molar-refractivity contribution in [3.8, 4) is 0 Å². The summed E-state index contributed by atoms with van der Waals surface area (Å²) >= 11 is 2.03. The van der Waals surface area contributed by atoms with E-state index in [0.29, 0.717) is 12.6 Å². The zero-order valence-electron chi connectivity index (χ0n) is 12.2. The summed E-state index contributed by atoms with van der Waals surface area (Å²) in [5.41, 5.74) is -0.436. The van der Waals surface area contributed by atoms with E-state index in [9.17, 15) is 4.79 Å². The molecule has 0 spiro atoms. The molecular weight excluding hydrogens is 260 g/mol. The fourth-order valence-electron chi connectivity index (χ4n) is 1.76. The highest BCUT2D eigenvalue weighted by Gasteiger charge is 2.15. The maximum atomic E-state index is 11.4. The highest BCUT2D eigenvalue weighted by Crippen LogP contribution is 2.16. The summed E-state index contributed by atoms with van der Waals surface area (Å²) < 4.78 is 5.14. The first kappa shape index (κ1) is 16.4. The van der Waals surface area contributed by atoms with Crippen LogP contribution >= 0.6 is 11.8 Å². The molecule has 0 aromatic rings. The highest BCUT2D eigenvalue weighted by atomic mass is 32.2. The first-order chi connectivity index (χ1) is 8.97. The van der Waals surface area contributed by atoms with Crippen LogP contribution in [-0.4, -0.2) is 42.3 Å². The Kier molecular flexibility index (Phi) is 7.31. The average Bonchev–Trinajstić information content (AvgIpc) is 2.32. The summed E-state index contributed by atoms with van der Waals surface area (Å²) in [4.78, 5) is 11.4. The second-order valence-electron chi connectivity index (χ2n) is 5.65. The van der Waals surface area contributed by atoms with Crippen LogP contribution < -0.4 is 10.6 Å². The Balaban J connectivity index is 2.02. The molecule has 0 aliphatic carbocycles. The first-order valence-electron chi connectivity index (χ1n) is 6.90. The van der Waals surface area contributed by atoms with Crippen molar-refractivity contribution in [1.29, 1.82) is 0 Å². The van der Waals surface area contributed by atoms with Gasteiger partial charge < -0.3 is 15.4 Å². The minimum absolute atomic E-state index is 0.366. The lowest BCUT2D eigenvalue weighted by molar-refractivity contribution is 0.0534. The van der Waals surface area contributed by atoms with E-state index in [-0.39, 0.29) is 6.09 Å². The van der Waals surface area contributed by atoms with E-state index >= 15 is 0 Å². The van der Waals surface area contributed by atoms with E-state index in [1.165, 1.54) is 24.3 Å². The molecule has 2 N–H and O–H groups in total. The van der Waals surface area contributed by atoms with Gasteiger partial charge in [-0.15, -0.1) is 0 Å². The molecule has 0 bridgehead atoms. The number of amides is 1. The molecule has 1 aliphatic rings. The molecule has 1 rings (SSSR count). The zero-order chi connectivity index (χ0) is 14.1. The summed E-state index contributed by atoms with van der Waals surface area (Å²) in [5, 5.41) is 6.20. The lowest BCUT2D eigenvalue weighted by Gasteiger charge is -2.21. The van der Waals surface area contributed by atoms with Crippen molar-refractivity contribution in [1.82, 2.24) is 10.6 Å². The van der Waals surface area contributed by atoms with Crippen LogP contribution in [0.1, 0.15) is 33.6 Å². The third-order valence-corrected chi connectivity index (χ3v) is 3.72. The molecule has 110 valence electrons. The fraction of sp³-hybridized carbons (Fsp3) is 0.786. The van der Waals surface area contributed by atoms with Crippen molar-refractivity contribution in [2.45, 2.75) is 45.3 Å². The van der Waals surface area contributed by atoms with Crippen molar-refractivity contribution in [2.24, 2.45) is 0 Å². The SMILES string of the molecule is CC(C)(C)OC(=O)NC/C=C/CNC1CCSCC1. The number of ether oxygens (including phenoxy) is 1. The molecule has 0 radical (unpaired) electrons. The third kappa shape index (κ3) is 8.94. The van der Waals surface area contributed by atoms with Gasteiger partial charge in [0, 0.05) is 19.1 Å². The van der Waals surface area contributed by atoms with Crippen LogP contribution in [-0.2, 0) is 4.74 Å². The van der Waals surface area contributed by atoms with Gasteiger partial charge in [-0.1, -0.05) is 12.2 Å². The third-order valence-electron chi connectivity index (χ3n) is 2.68. The molecular formula is C14H26N2O2S. The lowest BCUT2D eigenvalue weighted by Crippen LogP contribution is -2.33. The Morgan fingerprint density at radius 3 is 2.53 bits per heavy atom. The van der Waals surface area contributed by atoms with Gasteiger partial charge in [0.1, 0.15) is 5.60 Å². The summed E-state index contributed by atoms with van der Waals surface area (Å²) in [7, 11) is 0. The predicted octanol–water partition coefficient (Wildman–Crippen LogP) is 2.55. The van der Waals surface area contributed by atoms with Gasteiger partial charge in [-0.05, 0) is 45.1 Å². The molecule has 1 amide bonds. The van der Waals surface area contributed by atoms with E-state index in [2.05, 4.69) is 16.7 Å². The quantitative estimate of drug-likeness (QED) is 0.763. The normalized spacial score (nSPS) is 17.6. The molecule has 5 heteroatoms. The van der Waals surface area contributed by atoms with Gasteiger partial charge in [-0.2, -0.15) is 11.8 Å². The number of rotatable bonds is 5. The van der Waals surface area contributed by atoms with Crippen molar-refractivity contribution in [3.63, 3.8) is 0 Å². The van der Waals surface area contributed by atoms with E-state index in [0.717, 1.165) is 6.54 Å². The summed E-state index contributed by atoms with van der Waals surface area (Å²) in [5.74, 6) is 2.53. The number of thioether (sulfide) groups is 1. The lowest BCUT2D eigenvalue weighted by atomic mass is 10.1. The molecule has 19 heavy (non-hydrogen) atoms. The van der Waals surface area contributed by atoms with Gasteiger partial charge in [0.25, 0.3) is 0 Å². The van der Waals surface area contributed by atoms with Crippen LogP contribution in [0.2, 0.25) is 0 Å². The Morgan fingerprint density at radius 2 is 1.89 bits per heavy atom. The number of alkyl carbamates (subject to hydrolysis) is 1. The van der Waals surface area contributed by atoms with Crippen molar-refractivity contribution >= 4 is 17.9 Å². The highest BCUT2D eigenvalue weighted by molar-refractivity contribution is 7.99. The molecule has 1 heterocycles. The van der Waals surface area contributed by atoms with Crippen LogP contribution in [0.5, 0.6) is 0 Å². The Morgan fingerprint density at radius 1 is 1.26 bits per heavy atom. The number of nitrogens with one attached hydrogen (secondary N) is 2. The standard InChI is InChI=1S/C14H26N2O2S/c1-14(2,3)18-13(17)16-9-5-4-8-15-12-6-10-19-11-7-12/h4-5,12,15H,6-11H2,1-3H3,(H,16,17)/b5-4+. The smallest absolute Gasteiger partial charge is 0.407 e. The summed E-state index contributed by atoms with van der Waals surface area (Å²) in [6, 6.07) is 0.657. The molecule has 4 nitrogen and oxygen atoms in total. The summed E-state index contributed by atoms with van der Waals surface area (Å²) in [6.45, 7) is 6.95. The largest absolute Gasteiger partial charge is 0.444 e. The topological polar surface area (TPSA) is 50.4 Å². The number of hydrogen-bond donors (Lipinski definition) is 2. The van der Waals surface area contributed by atoms with Crippen molar-refractivity contribution < 1.29 is 9.53 Å². The van der Waals surface area contributed by atoms with Gasteiger partial charge in [-0.3, -0.25) is 0 Å². The number of hydrogen-bond acceptors (Lipinski definition) is 4. The molecule has 0 atom stereocenters. The van der Waals surface area contributed by atoms with Crippen LogP contribution in [0.3, 0.4) is 0 Å². The maximum Gasteiger partial charge on any atom is 0.407 e. The van der Waals surface area contributed by atoms with Crippen LogP contribution in [0.4, 0.5) is 4.79 Å². The van der Waals surface area contributed by atoms with E-state index in [1.54, 1.807) is 0 Å². The van der Waals surface area contributed by atoms with Crippen LogP contribution in [0.15, 0.2) is 12.2 Å². The Bertz CT molecular complexity index is 294. The minimum Gasteiger partial charge on any atom is -0.444 e. The minimum atomic E-state index is -0.436. The first-order valence-corrected chi connectivity index (χ1v) is 8.06. The molecule has 0 aromatic carbocycles. The van der Waals surface area contributed by atoms with Gasteiger partial charge in [0.05, 0.1) is 0 Å². The predicted molar refractivity (Wildman–Crippen MR) is 81.7 cm³/mol. The second-order valence-corrected chi connectivity index (χ2v) is 6.87. The average molecular weight is 286 g/mol. The van der Waals surface area contributed by atoms with Crippen molar-refractivity contribution in [2.75, 3.05) is 24.6 Å². The van der Waals surface area contributed by atoms with Crippen molar-refractivity contribution in [3.05, 3.63) is 12.2 Å². The van der Waals surface area contributed by atoms with Crippen LogP contribution in [0, 0.1) is 0 Å². The molecule has 1 fully saturated rings. The van der Waals surface area contributed by atoms with Gasteiger partial charge >= 0.3 is 6.09 Å². The van der Waals surface area contributed by atoms with Gasteiger partial charge in [-0.25, -0.2) is 4.79 Å². The number of carbonyl (C=O) groups excluding carboxylic acids is 1. The maximum absolute atomic E-state index is 11.4. The van der Waals surface area contributed by atoms with E-state index < -0.39 is 5.60 Å². The molecule has 1 aliphatic heterocycles. The van der Waals surface area contributed by atoms with E-state index in [4.69, 9.17) is 4.74 Å². The number of carbonyl (C=O) groups is 1. The summed E-state index contributed by atoms with van der Waals surface area (Å²) in [6.07, 6.45) is 6.16. The Hall–Kier alpha value is -0.680. The molecule has 0 aromatic heterocycles. The molecule has 1 saturated heterocycles. The van der Waals surface area contributed by atoms with Crippen LogP contribution in [0.25, 0.3) is 0 Å². The van der Waals surface area contributed by atoms with Gasteiger partial charge in [0.15, 0.2) is 0 Å². The molecule has 0 saturated carbocycles. The fourth-order valence-corrected chi connectivity index (χ4v) is 2.87. The van der Waals surface area contributed by atoms with Gasteiger partial charge in [0.2, 0.25) is 0 Å². The monoisotopic (exact) mass is 286 g/mol. The zero-order valence-corrected chi connectivity index (χ0v) is 13.0. The molecule has 0 unspecified atom stereocenters. The van der Waals surface area contributed by atoms with E-state index in [1.807, 2.05) is 38.6 Å². The second kappa shape index (κ2) is 8.48. The Labute approximate surface area is 120 Å².